The number of alkyl halides is 1. The molecule has 0 unspecified atom stereocenters. The zero-order chi connectivity index (χ0) is 11.5. The average molecular weight is 234 g/mol. The molecular weight excluding hydrogens is 222 g/mol. The number of aromatic nitrogens is 1. The molecule has 0 radical (unpaired) electrons. The molecule has 1 aromatic carbocycles. The summed E-state index contributed by atoms with van der Waals surface area (Å²) in [6.45, 7) is 0. The fraction of sp³-hybridized carbons (Fsp3) is 0.154. The minimum Gasteiger partial charge on any atom is -0.318 e. The zero-order valence-electron chi connectivity index (χ0n) is 8.98. The van der Waals surface area contributed by atoms with Crippen LogP contribution in [-0.2, 0) is 12.9 Å². The maximum atomic E-state index is 11.2. The molecule has 0 aliphatic heterocycles. The van der Waals surface area contributed by atoms with Gasteiger partial charge in [0.1, 0.15) is 0 Å². The summed E-state index contributed by atoms with van der Waals surface area (Å²) in [6, 6.07) is 11.4. The molecule has 0 bridgehead atoms. The van der Waals surface area contributed by atoms with Crippen molar-refractivity contribution in [1.82, 2.24) is 4.57 Å². The van der Waals surface area contributed by atoms with Crippen LogP contribution in [0.25, 0.3) is 11.1 Å². The van der Waals surface area contributed by atoms with Crippen LogP contribution in [-0.4, -0.2) is 4.57 Å². The van der Waals surface area contributed by atoms with E-state index >= 15 is 0 Å². The summed E-state index contributed by atoms with van der Waals surface area (Å²) in [6.07, 6.45) is 1.83. The molecule has 1 aromatic heterocycles. The number of rotatable bonds is 2. The Hall–Kier alpha value is -1.54. The van der Waals surface area contributed by atoms with Crippen molar-refractivity contribution in [3.8, 4) is 11.1 Å². The molecule has 0 fully saturated rings. The van der Waals surface area contributed by atoms with Crippen molar-refractivity contribution in [2.75, 3.05) is 0 Å². The minimum atomic E-state index is 0.00104. The third-order valence-corrected chi connectivity index (χ3v) is 2.84. The average Bonchev–Trinajstić information content (AvgIpc) is 2.33. The van der Waals surface area contributed by atoms with Gasteiger partial charge in [0.05, 0.1) is 0 Å². The molecule has 2 aromatic rings. The van der Waals surface area contributed by atoms with Gasteiger partial charge < -0.3 is 4.57 Å². The van der Waals surface area contributed by atoms with Gasteiger partial charge in [-0.15, -0.1) is 11.6 Å². The first kappa shape index (κ1) is 11.0. The van der Waals surface area contributed by atoms with Crippen LogP contribution in [0.5, 0.6) is 0 Å². The molecule has 3 heteroatoms. The Kier molecular flexibility index (Phi) is 3.11. The van der Waals surface area contributed by atoms with Gasteiger partial charge >= 0.3 is 0 Å². The second kappa shape index (κ2) is 4.54. The van der Waals surface area contributed by atoms with Crippen molar-refractivity contribution in [1.29, 1.82) is 0 Å². The lowest BCUT2D eigenvalue weighted by molar-refractivity contribution is 0.862. The number of pyridine rings is 1. The highest BCUT2D eigenvalue weighted by molar-refractivity contribution is 6.17. The van der Waals surface area contributed by atoms with Gasteiger partial charge in [0.2, 0.25) is 5.56 Å². The standard InChI is InChI=1S/C13H12ClNO/c1-15-9-12(6-7-13(15)16)11-4-2-10(8-14)3-5-11/h2-7,9H,8H2,1H3. The quantitative estimate of drug-likeness (QED) is 0.732. The second-order valence-electron chi connectivity index (χ2n) is 3.70. The summed E-state index contributed by atoms with van der Waals surface area (Å²) in [5, 5.41) is 0. The van der Waals surface area contributed by atoms with E-state index in [1.54, 1.807) is 17.7 Å². The molecular formula is C13H12ClNO. The van der Waals surface area contributed by atoms with Crippen molar-refractivity contribution < 1.29 is 0 Å². The summed E-state index contributed by atoms with van der Waals surface area (Å²) < 4.78 is 1.57. The van der Waals surface area contributed by atoms with Gasteiger partial charge in [0.15, 0.2) is 0 Å². The summed E-state index contributed by atoms with van der Waals surface area (Å²) in [7, 11) is 1.75. The number of hydrogen-bond donors (Lipinski definition) is 0. The zero-order valence-corrected chi connectivity index (χ0v) is 9.74. The topological polar surface area (TPSA) is 22.0 Å². The SMILES string of the molecule is Cn1cc(-c2ccc(CCl)cc2)ccc1=O. The van der Waals surface area contributed by atoms with Gasteiger partial charge in [0, 0.05) is 25.2 Å². The molecule has 2 nitrogen and oxygen atoms in total. The van der Waals surface area contributed by atoms with Crippen LogP contribution in [0.3, 0.4) is 0 Å². The number of benzene rings is 1. The van der Waals surface area contributed by atoms with Crippen LogP contribution < -0.4 is 5.56 Å². The Morgan fingerprint density at radius 3 is 2.25 bits per heavy atom. The van der Waals surface area contributed by atoms with E-state index in [-0.39, 0.29) is 5.56 Å². The van der Waals surface area contributed by atoms with Crippen molar-refractivity contribution in [2.45, 2.75) is 5.88 Å². The molecule has 0 spiro atoms. The van der Waals surface area contributed by atoms with Crippen LogP contribution in [0, 0.1) is 0 Å². The molecule has 0 atom stereocenters. The van der Waals surface area contributed by atoms with Gasteiger partial charge in [0.25, 0.3) is 0 Å². The molecule has 2 rings (SSSR count). The minimum absolute atomic E-state index is 0.00104. The Balaban J connectivity index is 2.42. The number of halogens is 1. The molecule has 0 saturated heterocycles. The lowest BCUT2D eigenvalue weighted by Crippen LogP contribution is -2.13. The Labute approximate surface area is 99.1 Å². The van der Waals surface area contributed by atoms with Crippen molar-refractivity contribution >= 4 is 11.6 Å². The van der Waals surface area contributed by atoms with E-state index < -0.39 is 0 Å². The third-order valence-electron chi connectivity index (χ3n) is 2.53. The fourth-order valence-electron chi connectivity index (χ4n) is 1.55. The smallest absolute Gasteiger partial charge is 0.250 e. The van der Waals surface area contributed by atoms with E-state index in [0.29, 0.717) is 5.88 Å². The highest BCUT2D eigenvalue weighted by Gasteiger charge is 1.99. The predicted molar refractivity (Wildman–Crippen MR) is 66.7 cm³/mol. The van der Waals surface area contributed by atoms with Crippen LogP contribution in [0.4, 0.5) is 0 Å². The van der Waals surface area contributed by atoms with Gasteiger partial charge in [-0.25, -0.2) is 0 Å². The molecule has 1 heterocycles. The summed E-state index contributed by atoms with van der Waals surface area (Å²) in [5.41, 5.74) is 3.21. The van der Waals surface area contributed by atoms with E-state index in [1.807, 2.05) is 36.5 Å². The second-order valence-corrected chi connectivity index (χ2v) is 3.96. The lowest BCUT2D eigenvalue weighted by atomic mass is 10.1. The van der Waals surface area contributed by atoms with Gasteiger partial charge in [-0.1, -0.05) is 24.3 Å². The largest absolute Gasteiger partial charge is 0.318 e. The van der Waals surface area contributed by atoms with E-state index in [9.17, 15) is 4.79 Å². The first-order valence-corrected chi connectivity index (χ1v) is 5.56. The highest BCUT2D eigenvalue weighted by Crippen LogP contribution is 2.18. The normalized spacial score (nSPS) is 10.4. The molecule has 0 saturated carbocycles. The summed E-state index contributed by atoms with van der Waals surface area (Å²) in [4.78, 5) is 11.2. The molecule has 0 aliphatic rings. The van der Waals surface area contributed by atoms with E-state index in [1.165, 1.54) is 0 Å². The Bertz CT molecular complexity index is 543. The van der Waals surface area contributed by atoms with Crippen LogP contribution in [0.15, 0.2) is 47.4 Å². The van der Waals surface area contributed by atoms with Gasteiger partial charge in [-0.2, -0.15) is 0 Å². The maximum absolute atomic E-state index is 11.2. The van der Waals surface area contributed by atoms with E-state index in [2.05, 4.69) is 0 Å². The van der Waals surface area contributed by atoms with Crippen LogP contribution in [0.1, 0.15) is 5.56 Å². The molecule has 0 N–H and O–H groups in total. The van der Waals surface area contributed by atoms with E-state index in [0.717, 1.165) is 16.7 Å². The Morgan fingerprint density at radius 2 is 1.69 bits per heavy atom. The Morgan fingerprint density at radius 1 is 1.06 bits per heavy atom. The number of nitrogens with zero attached hydrogens (tertiary/aromatic N) is 1. The van der Waals surface area contributed by atoms with Crippen molar-refractivity contribution in [3.63, 3.8) is 0 Å². The van der Waals surface area contributed by atoms with Crippen LogP contribution >= 0.6 is 11.6 Å². The third kappa shape index (κ3) is 2.17. The first-order valence-electron chi connectivity index (χ1n) is 5.02. The first-order chi connectivity index (χ1) is 7.70. The molecule has 16 heavy (non-hydrogen) atoms. The maximum Gasteiger partial charge on any atom is 0.250 e. The highest BCUT2D eigenvalue weighted by atomic mass is 35.5. The van der Waals surface area contributed by atoms with E-state index in [4.69, 9.17) is 11.6 Å². The van der Waals surface area contributed by atoms with Crippen LogP contribution in [0.2, 0.25) is 0 Å². The summed E-state index contributed by atoms with van der Waals surface area (Å²) in [5.74, 6) is 0.521. The van der Waals surface area contributed by atoms with Crippen molar-refractivity contribution in [2.24, 2.45) is 7.05 Å². The summed E-state index contributed by atoms with van der Waals surface area (Å²) >= 11 is 5.73. The predicted octanol–water partition coefficient (Wildman–Crippen LogP) is 2.79. The monoisotopic (exact) mass is 233 g/mol. The number of hydrogen-bond acceptors (Lipinski definition) is 1. The van der Waals surface area contributed by atoms with Gasteiger partial charge in [-0.3, -0.25) is 4.79 Å². The molecule has 0 amide bonds. The lowest BCUT2D eigenvalue weighted by Gasteiger charge is -2.04. The molecule has 0 aliphatic carbocycles. The number of aryl methyl sites for hydroxylation is 1. The van der Waals surface area contributed by atoms with Gasteiger partial charge in [-0.05, 0) is 22.8 Å². The fourth-order valence-corrected chi connectivity index (χ4v) is 1.73. The van der Waals surface area contributed by atoms with Crippen molar-refractivity contribution in [3.05, 3.63) is 58.5 Å². The molecule has 82 valence electrons.